The van der Waals surface area contributed by atoms with Gasteiger partial charge in [-0.2, -0.15) is 0 Å². The zero-order valence-corrected chi connectivity index (χ0v) is 13.5. The highest BCUT2D eigenvalue weighted by atomic mass is 32.2. The third kappa shape index (κ3) is 2.80. The van der Waals surface area contributed by atoms with Crippen LogP contribution in [0, 0.1) is 5.92 Å². The fraction of sp³-hybridized carbons (Fsp3) is 0.438. The normalized spacial score (nSPS) is 25.8. The number of rotatable bonds is 6. The summed E-state index contributed by atoms with van der Waals surface area (Å²) in [6.07, 6.45) is 4.18. The molecule has 1 saturated carbocycles. The lowest BCUT2D eigenvalue weighted by Crippen LogP contribution is -2.38. The topological polar surface area (TPSA) is 72.2 Å². The van der Waals surface area contributed by atoms with Crippen LogP contribution < -0.4 is 4.72 Å². The van der Waals surface area contributed by atoms with Crippen molar-refractivity contribution in [2.75, 3.05) is 0 Å². The first kappa shape index (κ1) is 15.2. The van der Waals surface area contributed by atoms with Crippen LogP contribution in [0.1, 0.15) is 37.8 Å². The van der Waals surface area contributed by atoms with Crippen molar-refractivity contribution in [1.82, 2.24) is 9.71 Å². The molecule has 3 rings (SSSR count). The molecule has 1 aromatic carbocycles. The van der Waals surface area contributed by atoms with E-state index in [-0.39, 0.29) is 5.92 Å². The molecular weight excluding hydrogens is 300 g/mol. The van der Waals surface area contributed by atoms with E-state index in [1.165, 1.54) is 12.5 Å². The molecule has 0 bridgehead atoms. The van der Waals surface area contributed by atoms with Gasteiger partial charge in [0.05, 0.1) is 10.9 Å². The summed E-state index contributed by atoms with van der Waals surface area (Å²) in [5.41, 5.74) is 1.03. The van der Waals surface area contributed by atoms with E-state index in [2.05, 4.69) is 9.71 Å². The molecule has 0 aliphatic heterocycles. The van der Waals surface area contributed by atoms with Gasteiger partial charge in [-0.1, -0.05) is 37.3 Å². The van der Waals surface area contributed by atoms with Crippen LogP contribution in [0.2, 0.25) is 0 Å². The number of hydrogen-bond acceptors (Lipinski definition) is 4. The summed E-state index contributed by atoms with van der Waals surface area (Å²) in [4.78, 5) is 4.12. The van der Waals surface area contributed by atoms with Crippen LogP contribution in [0.3, 0.4) is 0 Å². The molecule has 0 amide bonds. The molecular formula is C16H20N2O3S. The van der Waals surface area contributed by atoms with E-state index < -0.39 is 20.8 Å². The van der Waals surface area contributed by atoms with Crippen molar-refractivity contribution in [3.05, 3.63) is 54.2 Å². The minimum atomic E-state index is -3.43. The molecule has 1 aliphatic carbocycles. The average molecular weight is 320 g/mol. The lowest BCUT2D eigenvalue weighted by Gasteiger charge is -2.19. The maximum Gasteiger partial charge on any atom is 0.218 e. The first-order valence-electron chi connectivity index (χ1n) is 7.37. The van der Waals surface area contributed by atoms with E-state index >= 15 is 0 Å². The van der Waals surface area contributed by atoms with Gasteiger partial charge in [0.1, 0.15) is 12.3 Å². The minimum absolute atomic E-state index is 0.173. The Bertz CT molecular complexity index is 728. The summed E-state index contributed by atoms with van der Waals surface area (Å²) in [7, 11) is -3.43. The second-order valence-electron chi connectivity index (χ2n) is 6.15. The second kappa shape index (κ2) is 5.52. The molecule has 1 fully saturated rings. The Morgan fingerprint density at radius 2 is 2.09 bits per heavy atom. The number of hydrogen-bond donors (Lipinski definition) is 1. The van der Waals surface area contributed by atoms with Gasteiger partial charge in [0, 0.05) is 0 Å². The lowest BCUT2D eigenvalue weighted by atomic mass is 10.1. The number of nitrogens with one attached hydrogen (secondary N) is 1. The Balaban J connectivity index is 1.84. The van der Waals surface area contributed by atoms with Gasteiger partial charge in [-0.25, -0.2) is 18.1 Å². The Morgan fingerprint density at radius 1 is 1.41 bits per heavy atom. The van der Waals surface area contributed by atoms with Crippen molar-refractivity contribution in [3.8, 4) is 0 Å². The molecule has 3 atom stereocenters. The van der Waals surface area contributed by atoms with Crippen LogP contribution in [-0.2, 0) is 16.4 Å². The minimum Gasteiger partial charge on any atom is -0.447 e. The smallest absolute Gasteiger partial charge is 0.218 e. The average Bonchev–Trinajstić information content (AvgIpc) is 2.93. The number of nitrogens with zero attached hydrogens (tertiary/aromatic N) is 1. The molecule has 1 unspecified atom stereocenters. The largest absolute Gasteiger partial charge is 0.447 e. The zero-order valence-electron chi connectivity index (χ0n) is 12.7. The van der Waals surface area contributed by atoms with Gasteiger partial charge in [0.2, 0.25) is 15.9 Å². The standard InChI is InChI=1S/C16H20N2O3S/c1-12-11-16(12,2)22(19,20)18-14(15-17-8-9-21-15)10-13-6-4-3-5-7-13/h3-9,12,14,18H,10-11H2,1-2H3/t12-,14?,16-/m1/s1. The molecule has 2 aromatic rings. The molecule has 6 heteroatoms. The first-order valence-corrected chi connectivity index (χ1v) is 8.86. The molecule has 1 heterocycles. The second-order valence-corrected chi connectivity index (χ2v) is 8.33. The van der Waals surface area contributed by atoms with E-state index in [1.807, 2.05) is 37.3 Å². The summed E-state index contributed by atoms with van der Waals surface area (Å²) in [5, 5.41) is 0. The predicted octanol–water partition coefficient (Wildman–Crippen LogP) is 2.68. The van der Waals surface area contributed by atoms with E-state index in [0.717, 1.165) is 5.56 Å². The number of aromatic nitrogens is 1. The van der Waals surface area contributed by atoms with E-state index in [4.69, 9.17) is 4.42 Å². The van der Waals surface area contributed by atoms with Crippen LogP contribution in [0.5, 0.6) is 0 Å². The maximum atomic E-state index is 12.6. The Hall–Kier alpha value is -1.66. The fourth-order valence-electron chi connectivity index (χ4n) is 2.68. The third-order valence-electron chi connectivity index (χ3n) is 4.54. The third-order valence-corrected chi connectivity index (χ3v) is 6.93. The first-order chi connectivity index (χ1) is 10.4. The predicted molar refractivity (Wildman–Crippen MR) is 83.6 cm³/mol. The van der Waals surface area contributed by atoms with Crippen molar-refractivity contribution in [2.45, 2.75) is 37.5 Å². The van der Waals surface area contributed by atoms with Crippen molar-refractivity contribution < 1.29 is 12.8 Å². The molecule has 0 radical (unpaired) electrons. The van der Waals surface area contributed by atoms with Crippen LogP contribution in [0.15, 0.2) is 47.2 Å². The Morgan fingerprint density at radius 3 is 2.64 bits per heavy atom. The number of sulfonamides is 1. The highest BCUT2D eigenvalue weighted by Crippen LogP contribution is 2.49. The summed E-state index contributed by atoms with van der Waals surface area (Å²) in [6, 6.07) is 9.23. The molecule has 5 nitrogen and oxygen atoms in total. The van der Waals surface area contributed by atoms with E-state index in [0.29, 0.717) is 18.7 Å². The summed E-state index contributed by atoms with van der Waals surface area (Å²) < 4.78 is 32.7. The Kier molecular flexibility index (Phi) is 3.82. The molecule has 1 aliphatic rings. The van der Waals surface area contributed by atoms with Crippen LogP contribution >= 0.6 is 0 Å². The van der Waals surface area contributed by atoms with Gasteiger partial charge in [-0.3, -0.25) is 0 Å². The highest BCUT2D eigenvalue weighted by Gasteiger charge is 2.57. The molecule has 0 saturated heterocycles. The van der Waals surface area contributed by atoms with Crippen molar-refractivity contribution >= 4 is 10.0 Å². The van der Waals surface area contributed by atoms with Crippen molar-refractivity contribution in [3.63, 3.8) is 0 Å². The highest BCUT2D eigenvalue weighted by molar-refractivity contribution is 7.91. The maximum absolute atomic E-state index is 12.6. The molecule has 1 N–H and O–H groups in total. The SMILES string of the molecule is C[C@@H]1C[C@@]1(C)S(=O)(=O)NC(Cc1ccccc1)c1ncco1. The quantitative estimate of drug-likeness (QED) is 0.888. The molecule has 22 heavy (non-hydrogen) atoms. The number of benzene rings is 1. The Labute approximate surface area is 130 Å². The summed E-state index contributed by atoms with van der Waals surface area (Å²) >= 11 is 0. The number of oxazole rings is 1. The molecule has 1 aromatic heterocycles. The molecule has 0 spiro atoms. The van der Waals surface area contributed by atoms with E-state index in [9.17, 15) is 8.42 Å². The lowest BCUT2D eigenvalue weighted by molar-refractivity contribution is 0.424. The summed E-state index contributed by atoms with van der Waals surface area (Å²) in [6.45, 7) is 3.74. The van der Waals surface area contributed by atoms with Gasteiger partial charge in [-0.05, 0) is 31.2 Å². The van der Waals surface area contributed by atoms with Gasteiger partial charge in [0.15, 0.2) is 0 Å². The summed E-state index contributed by atoms with van der Waals surface area (Å²) in [5.74, 6) is 0.566. The zero-order chi connectivity index (χ0) is 15.8. The van der Waals surface area contributed by atoms with Crippen LogP contribution in [0.25, 0.3) is 0 Å². The van der Waals surface area contributed by atoms with Crippen molar-refractivity contribution in [1.29, 1.82) is 0 Å². The van der Waals surface area contributed by atoms with Gasteiger partial charge in [-0.15, -0.1) is 0 Å². The van der Waals surface area contributed by atoms with Crippen LogP contribution in [0.4, 0.5) is 0 Å². The monoisotopic (exact) mass is 320 g/mol. The van der Waals surface area contributed by atoms with Crippen LogP contribution in [-0.4, -0.2) is 18.1 Å². The fourth-order valence-corrected chi connectivity index (χ4v) is 4.51. The van der Waals surface area contributed by atoms with Gasteiger partial charge < -0.3 is 4.42 Å². The van der Waals surface area contributed by atoms with Crippen molar-refractivity contribution in [2.24, 2.45) is 5.92 Å². The van der Waals surface area contributed by atoms with E-state index in [1.54, 1.807) is 6.92 Å². The van der Waals surface area contributed by atoms with Gasteiger partial charge >= 0.3 is 0 Å². The van der Waals surface area contributed by atoms with Gasteiger partial charge in [0.25, 0.3) is 0 Å². The molecule has 118 valence electrons.